The van der Waals surface area contributed by atoms with Crippen LogP contribution in [0.15, 0.2) is 54.7 Å². The topological polar surface area (TPSA) is 3.88 Å². The summed E-state index contributed by atoms with van der Waals surface area (Å²) in [6, 6.07) is 13.0. The van der Waals surface area contributed by atoms with Gasteiger partial charge in [-0.05, 0) is 29.7 Å². The molecule has 1 aromatic heterocycles. The maximum absolute atomic E-state index is 15.2. The first-order valence-corrected chi connectivity index (χ1v) is 7.68. The summed E-state index contributed by atoms with van der Waals surface area (Å²) in [4.78, 5) is 0. The lowest BCUT2D eigenvalue weighted by Gasteiger charge is -2.17. The first-order chi connectivity index (χ1) is 11.4. The number of halogens is 3. The molecular weight excluding hydrogens is 311 g/mol. The van der Waals surface area contributed by atoms with Gasteiger partial charge in [0.05, 0.1) is 5.56 Å². The minimum Gasteiger partial charge on any atom is -0.200 e. The summed E-state index contributed by atoms with van der Waals surface area (Å²) in [5.74, 6) is -3.48. The van der Waals surface area contributed by atoms with Gasteiger partial charge in [-0.2, -0.15) is 13.3 Å². The molecule has 2 aromatic carbocycles. The zero-order valence-electron chi connectivity index (χ0n) is 13.3. The van der Waals surface area contributed by atoms with Crippen LogP contribution in [0.25, 0.3) is 22.4 Å². The summed E-state index contributed by atoms with van der Waals surface area (Å²) >= 11 is 0. The van der Waals surface area contributed by atoms with Crippen LogP contribution in [0, 0.1) is 12.7 Å². The molecule has 4 rings (SSSR count). The highest BCUT2D eigenvalue weighted by molar-refractivity contribution is 5.87. The Balaban J connectivity index is 2.09. The Morgan fingerprint density at radius 2 is 1.67 bits per heavy atom. The lowest BCUT2D eigenvalue weighted by Crippen LogP contribution is -2.32. The van der Waals surface area contributed by atoms with Gasteiger partial charge >= 0.3 is 0 Å². The van der Waals surface area contributed by atoms with Gasteiger partial charge in [-0.1, -0.05) is 36.4 Å². The Morgan fingerprint density at radius 3 is 2.42 bits per heavy atom. The van der Waals surface area contributed by atoms with Crippen molar-refractivity contribution < 1.29 is 17.7 Å². The number of benzene rings is 2. The number of hydrogen-bond donors (Lipinski definition) is 0. The molecule has 0 saturated heterocycles. The molecule has 0 N–H and O–H groups in total. The van der Waals surface area contributed by atoms with Crippen LogP contribution in [0.1, 0.15) is 16.7 Å². The molecule has 0 spiro atoms. The van der Waals surface area contributed by atoms with Gasteiger partial charge in [0, 0.05) is 17.2 Å². The molecular formula is C20H15F3N+. The molecule has 4 heteroatoms. The van der Waals surface area contributed by atoms with Gasteiger partial charge in [-0.15, -0.1) is 0 Å². The predicted molar refractivity (Wildman–Crippen MR) is 86.2 cm³/mol. The Morgan fingerprint density at radius 1 is 0.917 bits per heavy atom. The lowest BCUT2D eigenvalue weighted by atomic mass is 9.92. The van der Waals surface area contributed by atoms with Crippen molar-refractivity contribution in [3.63, 3.8) is 0 Å². The van der Waals surface area contributed by atoms with E-state index in [1.165, 1.54) is 18.3 Å². The van der Waals surface area contributed by atoms with Crippen molar-refractivity contribution in [2.45, 2.75) is 12.8 Å². The second-order valence-electron chi connectivity index (χ2n) is 6.14. The summed E-state index contributed by atoms with van der Waals surface area (Å²) in [7, 11) is 1.66. The van der Waals surface area contributed by atoms with E-state index in [4.69, 9.17) is 0 Å². The lowest BCUT2D eigenvalue weighted by molar-refractivity contribution is -0.662. The smallest absolute Gasteiger partial charge is 0.200 e. The minimum atomic E-state index is -3.07. The zero-order valence-corrected chi connectivity index (χ0v) is 13.3. The monoisotopic (exact) mass is 326 g/mol. The van der Waals surface area contributed by atoms with Crippen LogP contribution in [0.4, 0.5) is 13.2 Å². The molecule has 0 bridgehead atoms. The zero-order chi connectivity index (χ0) is 17.1. The molecule has 1 aliphatic rings. The second-order valence-corrected chi connectivity index (χ2v) is 6.14. The molecule has 3 aromatic rings. The van der Waals surface area contributed by atoms with Gasteiger partial charge < -0.3 is 0 Å². The Hall–Kier alpha value is -2.62. The van der Waals surface area contributed by atoms with Crippen molar-refractivity contribution in [2.24, 2.45) is 7.05 Å². The third kappa shape index (κ3) is 1.92. The third-order valence-electron chi connectivity index (χ3n) is 4.64. The van der Waals surface area contributed by atoms with Crippen molar-refractivity contribution >= 4 is 0 Å². The highest BCUT2D eigenvalue weighted by atomic mass is 19.3. The van der Waals surface area contributed by atoms with Crippen LogP contribution in [0.3, 0.4) is 0 Å². The molecule has 24 heavy (non-hydrogen) atoms. The second kappa shape index (κ2) is 4.94. The van der Waals surface area contributed by atoms with E-state index < -0.39 is 11.7 Å². The maximum atomic E-state index is 15.2. The van der Waals surface area contributed by atoms with Crippen molar-refractivity contribution in [1.29, 1.82) is 0 Å². The highest BCUT2D eigenvalue weighted by Gasteiger charge is 2.47. The van der Waals surface area contributed by atoms with Crippen molar-refractivity contribution in [3.8, 4) is 22.4 Å². The van der Waals surface area contributed by atoms with Crippen molar-refractivity contribution in [2.75, 3.05) is 0 Å². The molecule has 0 fully saturated rings. The Kier molecular flexibility index (Phi) is 3.07. The van der Waals surface area contributed by atoms with Crippen molar-refractivity contribution in [3.05, 3.63) is 77.2 Å². The number of pyridine rings is 1. The minimum absolute atomic E-state index is 0.00547. The van der Waals surface area contributed by atoms with E-state index in [1.807, 2.05) is 6.07 Å². The van der Waals surface area contributed by atoms with Crippen LogP contribution in [0.2, 0.25) is 0 Å². The molecule has 120 valence electrons. The average Bonchev–Trinajstić information content (AvgIpc) is 2.77. The van der Waals surface area contributed by atoms with Gasteiger partial charge in [-0.25, -0.2) is 4.39 Å². The molecule has 1 nitrogen and oxygen atoms in total. The van der Waals surface area contributed by atoms with Gasteiger partial charge in [0.15, 0.2) is 5.82 Å². The number of rotatable bonds is 1. The van der Waals surface area contributed by atoms with E-state index in [0.717, 1.165) is 5.56 Å². The van der Waals surface area contributed by atoms with E-state index in [0.29, 0.717) is 22.4 Å². The summed E-state index contributed by atoms with van der Waals surface area (Å²) in [5, 5.41) is 0. The van der Waals surface area contributed by atoms with Crippen LogP contribution in [-0.4, -0.2) is 0 Å². The predicted octanol–water partition coefficient (Wildman–Crippen LogP) is 4.75. The van der Waals surface area contributed by atoms with Gasteiger partial charge in [0.1, 0.15) is 7.05 Å². The fraction of sp³-hybridized carbons (Fsp3) is 0.150. The fourth-order valence-corrected chi connectivity index (χ4v) is 3.55. The van der Waals surface area contributed by atoms with Crippen LogP contribution in [0.5, 0.6) is 0 Å². The Bertz CT molecular complexity index is 977. The van der Waals surface area contributed by atoms with Gasteiger partial charge in [0.25, 0.3) is 5.92 Å². The molecule has 0 radical (unpaired) electrons. The molecule has 1 aliphatic carbocycles. The molecule has 0 aliphatic heterocycles. The van der Waals surface area contributed by atoms with E-state index in [-0.39, 0.29) is 11.1 Å². The highest BCUT2D eigenvalue weighted by Crippen LogP contribution is 2.54. The normalized spacial score (nSPS) is 14.4. The first kappa shape index (κ1) is 14.9. The van der Waals surface area contributed by atoms with Crippen LogP contribution < -0.4 is 4.57 Å². The van der Waals surface area contributed by atoms with E-state index >= 15 is 8.78 Å². The number of fused-ring (bicyclic) bond motifs is 3. The average molecular weight is 326 g/mol. The quantitative estimate of drug-likeness (QED) is 0.568. The summed E-state index contributed by atoms with van der Waals surface area (Å²) in [5.41, 5.74) is 2.91. The largest absolute Gasteiger partial charge is 0.300 e. The number of aryl methyl sites for hydroxylation is 2. The standard InChI is InChI=1S/C20H15F3N/c1-12-7-9-15-14-5-3-4-6-16(14)20(22,23)19(15)18(12)17-10-8-13(21)11-24(17)2/h3-11H,1-2H3/q+1. The first-order valence-electron chi connectivity index (χ1n) is 7.68. The number of alkyl halides is 2. The van der Waals surface area contributed by atoms with Gasteiger partial charge in [-0.3, -0.25) is 0 Å². The van der Waals surface area contributed by atoms with Crippen molar-refractivity contribution in [1.82, 2.24) is 0 Å². The van der Waals surface area contributed by atoms with Crippen LogP contribution >= 0.6 is 0 Å². The maximum Gasteiger partial charge on any atom is 0.300 e. The number of hydrogen-bond acceptors (Lipinski definition) is 0. The molecule has 1 heterocycles. The van der Waals surface area contributed by atoms with E-state index in [2.05, 4.69) is 0 Å². The number of nitrogens with zero attached hydrogens (tertiary/aromatic N) is 1. The molecule has 0 unspecified atom stereocenters. The number of aromatic nitrogens is 1. The molecule has 0 atom stereocenters. The SMILES string of the molecule is Cc1ccc2c(c1-c1ccc(F)c[n+]1C)C(F)(F)c1ccccc1-2. The van der Waals surface area contributed by atoms with Crippen LogP contribution in [-0.2, 0) is 13.0 Å². The van der Waals surface area contributed by atoms with E-state index in [9.17, 15) is 4.39 Å². The van der Waals surface area contributed by atoms with E-state index in [1.54, 1.807) is 48.9 Å². The van der Waals surface area contributed by atoms with Gasteiger partial charge in [0.2, 0.25) is 11.9 Å². The summed E-state index contributed by atoms with van der Waals surface area (Å²) in [6.07, 6.45) is 1.30. The summed E-state index contributed by atoms with van der Waals surface area (Å²) < 4.78 is 45.4. The molecule has 0 amide bonds. The summed E-state index contributed by atoms with van der Waals surface area (Å²) in [6.45, 7) is 1.80. The molecule has 0 saturated carbocycles. The fourth-order valence-electron chi connectivity index (χ4n) is 3.55. The third-order valence-corrected chi connectivity index (χ3v) is 4.64. The Labute approximate surface area is 138 Å².